The fourth-order valence-corrected chi connectivity index (χ4v) is 2.19. The molecule has 0 bridgehead atoms. The maximum atomic E-state index is 4.57. The Morgan fingerprint density at radius 3 is 2.56 bits per heavy atom. The fourth-order valence-electron chi connectivity index (χ4n) is 2.19. The summed E-state index contributed by atoms with van der Waals surface area (Å²) >= 11 is 0. The number of nitrogens with zero attached hydrogens (tertiary/aromatic N) is 2. The molecule has 1 unspecified atom stereocenters. The zero-order chi connectivity index (χ0) is 13.5. The summed E-state index contributed by atoms with van der Waals surface area (Å²) in [6.45, 7) is 10.9. The largest absolute Gasteiger partial charge is 0.353 e. The molecule has 1 aromatic rings. The van der Waals surface area contributed by atoms with Crippen molar-refractivity contribution in [3.8, 4) is 0 Å². The van der Waals surface area contributed by atoms with Gasteiger partial charge in [0.2, 0.25) is 5.95 Å². The molecule has 0 saturated carbocycles. The van der Waals surface area contributed by atoms with Crippen LogP contribution in [0.1, 0.15) is 71.5 Å². The van der Waals surface area contributed by atoms with E-state index in [1.165, 1.54) is 32.1 Å². The third kappa shape index (κ3) is 4.71. The van der Waals surface area contributed by atoms with E-state index < -0.39 is 0 Å². The minimum absolute atomic E-state index is 0.459. The molecular formula is C15H29N3. The van der Waals surface area contributed by atoms with Crippen LogP contribution in [0.25, 0.3) is 0 Å². The van der Waals surface area contributed by atoms with Crippen molar-refractivity contribution >= 4 is 5.95 Å². The molecule has 1 atom stereocenters. The lowest BCUT2D eigenvalue weighted by atomic mass is 10.1. The fraction of sp³-hybridized carbons (Fsp3) is 0.800. The van der Waals surface area contributed by atoms with E-state index in [1.807, 2.05) is 0 Å². The van der Waals surface area contributed by atoms with E-state index in [2.05, 4.69) is 55.7 Å². The molecule has 3 nitrogen and oxygen atoms in total. The van der Waals surface area contributed by atoms with Crippen molar-refractivity contribution in [2.75, 3.05) is 5.32 Å². The lowest BCUT2D eigenvalue weighted by Crippen LogP contribution is -2.19. The Morgan fingerprint density at radius 1 is 1.22 bits per heavy atom. The molecule has 1 heterocycles. The zero-order valence-electron chi connectivity index (χ0n) is 12.7. The van der Waals surface area contributed by atoms with Gasteiger partial charge in [0.05, 0.1) is 5.69 Å². The Bertz CT molecular complexity index is 342. The van der Waals surface area contributed by atoms with Gasteiger partial charge in [0.15, 0.2) is 0 Å². The topological polar surface area (TPSA) is 29.9 Å². The average molecular weight is 251 g/mol. The molecule has 104 valence electrons. The van der Waals surface area contributed by atoms with Crippen molar-refractivity contribution in [3.05, 3.63) is 11.9 Å². The molecule has 0 amide bonds. The highest BCUT2D eigenvalue weighted by atomic mass is 15.2. The summed E-state index contributed by atoms with van der Waals surface area (Å²) in [6, 6.07) is 0.960. The number of aryl methyl sites for hydroxylation is 1. The van der Waals surface area contributed by atoms with E-state index >= 15 is 0 Å². The summed E-state index contributed by atoms with van der Waals surface area (Å²) in [7, 11) is 0. The highest BCUT2D eigenvalue weighted by molar-refractivity contribution is 5.30. The highest BCUT2D eigenvalue weighted by Gasteiger charge is 2.10. The van der Waals surface area contributed by atoms with Crippen LogP contribution in [0, 0.1) is 6.92 Å². The van der Waals surface area contributed by atoms with Gasteiger partial charge in [0.1, 0.15) is 0 Å². The maximum absolute atomic E-state index is 4.57. The number of anilines is 1. The van der Waals surface area contributed by atoms with Crippen LogP contribution in [0.3, 0.4) is 0 Å². The monoisotopic (exact) mass is 251 g/mol. The Hall–Kier alpha value is -0.990. The lowest BCUT2D eigenvalue weighted by molar-refractivity contribution is 0.572. The molecule has 1 N–H and O–H groups in total. The minimum atomic E-state index is 0.459. The number of imidazole rings is 1. The molecule has 0 aromatic carbocycles. The molecule has 1 rings (SSSR count). The van der Waals surface area contributed by atoms with Gasteiger partial charge in [-0.3, -0.25) is 0 Å². The normalized spacial score (nSPS) is 13.0. The van der Waals surface area contributed by atoms with E-state index in [9.17, 15) is 0 Å². The second-order valence-electron chi connectivity index (χ2n) is 5.60. The zero-order valence-corrected chi connectivity index (χ0v) is 12.7. The van der Waals surface area contributed by atoms with Gasteiger partial charge in [-0.05, 0) is 34.1 Å². The van der Waals surface area contributed by atoms with E-state index in [1.54, 1.807) is 0 Å². The molecular weight excluding hydrogens is 222 g/mol. The van der Waals surface area contributed by atoms with Crippen molar-refractivity contribution in [2.24, 2.45) is 0 Å². The number of rotatable bonds is 8. The van der Waals surface area contributed by atoms with Crippen molar-refractivity contribution in [1.29, 1.82) is 0 Å². The number of hydrogen-bond acceptors (Lipinski definition) is 2. The van der Waals surface area contributed by atoms with Gasteiger partial charge < -0.3 is 9.88 Å². The van der Waals surface area contributed by atoms with E-state index in [4.69, 9.17) is 0 Å². The predicted octanol–water partition coefficient (Wildman–Crippen LogP) is 4.54. The molecule has 0 aliphatic carbocycles. The summed E-state index contributed by atoms with van der Waals surface area (Å²) in [5.74, 6) is 1.02. The Labute approximate surface area is 112 Å². The van der Waals surface area contributed by atoms with Crippen LogP contribution < -0.4 is 5.32 Å². The van der Waals surface area contributed by atoms with Crippen molar-refractivity contribution in [3.63, 3.8) is 0 Å². The SMILES string of the molecule is CCCCCCC(C)Nc1nc(C)cn1C(C)C. The molecule has 3 heteroatoms. The third-order valence-electron chi connectivity index (χ3n) is 3.28. The number of aromatic nitrogens is 2. The Morgan fingerprint density at radius 2 is 1.94 bits per heavy atom. The molecule has 18 heavy (non-hydrogen) atoms. The van der Waals surface area contributed by atoms with Crippen molar-refractivity contribution in [2.45, 2.75) is 78.8 Å². The first-order valence-electron chi connectivity index (χ1n) is 7.36. The van der Waals surface area contributed by atoms with E-state index in [0.717, 1.165) is 11.6 Å². The first-order valence-corrected chi connectivity index (χ1v) is 7.36. The summed E-state index contributed by atoms with van der Waals surface area (Å²) in [6.07, 6.45) is 8.66. The molecule has 0 aliphatic heterocycles. The first kappa shape index (κ1) is 15.1. The van der Waals surface area contributed by atoms with E-state index in [-0.39, 0.29) is 0 Å². The van der Waals surface area contributed by atoms with Crippen LogP contribution in [0.5, 0.6) is 0 Å². The molecule has 0 spiro atoms. The molecule has 0 fully saturated rings. The third-order valence-corrected chi connectivity index (χ3v) is 3.28. The smallest absolute Gasteiger partial charge is 0.203 e. The van der Waals surface area contributed by atoms with Crippen molar-refractivity contribution in [1.82, 2.24) is 9.55 Å². The van der Waals surface area contributed by atoms with Gasteiger partial charge in [-0.15, -0.1) is 0 Å². The van der Waals surface area contributed by atoms with Crippen LogP contribution in [0.15, 0.2) is 6.20 Å². The van der Waals surface area contributed by atoms with Crippen LogP contribution in [0.4, 0.5) is 5.95 Å². The summed E-state index contributed by atoms with van der Waals surface area (Å²) in [5.41, 5.74) is 1.09. The Kier molecular flexibility index (Phi) is 6.23. The Balaban J connectivity index is 2.45. The molecule has 0 saturated heterocycles. The summed E-state index contributed by atoms with van der Waals surface area (Å²) in [4.78, 5) is 4.57. The maximum Gasteiger partial charge on any atom is 0.203 e. The molecule has 0 radical (unpaired) electrons. The van der Waals surface area contributed by atoms with Crippen LogP contribution in [-0.4, -0.2) is 15.6 Å². The first-order chi connectivity index (χ1) is 8.54. The molecule has 1 aromatic heterocycles. The van der Waals surface area contributed by atoms with Crippen molar-refractivity contribution < 1.29 is 0 Å². The highest BCUT2D eigenvalue weighted by Crippen LogP contribution is 2.17. The van der Waals surface area contributed by atoms with Gasteiger partial charge in [-0.1, -0.05) is 32.6 Å². The number of hydrogen-bond donors (Lipinski definition) is 1. The standard InChI is InChI=1S/C15H29N3/c1-6-7-8-9-10-13(4)16-15-17-14(5)11-18(15)12(2)3/h11-13H,6-10H2,1-5H3,(H,16,17). The summed E-state index contributed by atoms with van der Waals surface area (Å²) < 4.78 is 2.22. The number of unbranched alkanes of at least 4 members (excludes halogenated alkanes) is 3. The van der Waals surface area contributed by atoms with Crippen LogP contribution >= 0.6 is 0 Å². The summed E-state index contributed by atoms with van der Waals surface area (Å²) in [5, 5.41) is 3.54. The van der Waals surface area contributed by atoms with Gasteiger partial charge in [0.25, 0.3) is 0 Å². The van der Waals surface area contributed by atoms with Gasteiger partial charge in [0, 0.05) is 18.3 Å². The number of nitrogens with one attached hydrogen (secondary N) is 1. The molecule has 0 aliphatic rings. The lowest BCUT2D eigenvalue weighted by Gasteiger charge is -2.17. The second-order valence-corrected chi connectivity index (χ2v) is 5.60. The van der Waals surface area contributed by atoms with Gasteiger partial charge in [-0.2, -0.15) is 0 Å². The van der Waals surface area contributed by atoms with Gasteiger partial charge in [-0.25, -0.2) is 4.98 Å². The predicted molar refractivity (Wildman–Crippen MR) is 79.2 cm³/mol. The van der Waals surface area contributed by atoms with E-state index in [0.29, 0.717) is 12.1 Å². The quantitative estimate of drug-likeness (QED) is 0.687. The van der Waals surface area contributed by atoms with Gasteiger partial charge >= 0.3 is 0 Å². The van der Waals surface area contributed by atoms with Crippen LogP contribution in [-0.2, 0) is 0 Å². The second kappa shape index (κ2) is 7.45. The average Bonchev–Trinajstić information content (AvgIpc) is 2.66. The van der Waals surface area contributed by atoms with Crippen LogP contribution in [0.2, 0.25) is 0 Å². The minimum Gasteiger partial charge on any atom is -0.353 e.